The van der Waals surface area contributed by atoms with E-state index < -0.39 is 23.6 Å². The number of amides is 4. The van der Waals surface area contributed by atoms with Crippen LogP contribution in [0.5, 0.6) is 0 Å². The fourth-order valence-electron chi connectivity index (χ4n) is 9.58. The van der Waals surface area contributed by atoms with Crippen molar-refractivity contribution in [1.82, 2.24) is 0 Å². The number of carbonyl (C=O) groups excluding carboxylic acids is 4. The third kappa shape index (κ3) is 4.76. The van der Waals surface area contributed by atoms with Crippen molar-refractivity contribution in [3.8, 4) is 0 Å². The number of imide groups is 2. The van der Waals surface area contributed by atoms with Gasteiger partial charge in [0.05, 0.1) is 33.6 Å². The van der Waals surface area contributed by atoms with Gasteiger partial charge in [0.25, 0.3) is 23.6 Å². The fourth-order valence-corrected chi connectivity index (χ4v) is 12.1. The molecule has 0 radical (unpaired) electrons. The summed E-state index contributed by atoms with van der Waals surface area (Å²) < 4.78 is 3.13. The minimum Gasteiger partial charge on any atom is -0.268 e. The summed E-state index contributed by atoms with van der Waals surface area (Å²) in [5.41, 5.74) is 6.36. The zero-order valence-electron chi connectivity index (χ0n) is 33.7. The van der Waals surface area contributed by atoms with Gasteiger partial charge in [-0.05, 0) is 58.1 Å². The van der Waals surface area contributed by atoms with Crippen molar-refractivity contribution in [3.63, 3.8) is 0 Å². The van der Waals surface area contributed by atoms with Gasteiger partial charge in [0.2, 0.25) is 0 Å². The highest BCUT2D eigenvalue weighted by Crippen LogP contribution is 2.55. The summed E-state index contributed by atoms with van der Waals surface area (Å²) in [6, 6.07) is 27.9. The zero-order valence-corrected chi connectivity index (χ0v) is 35.4. The average Bonchev–Trinajstić information content (AvgIpc) is 3.77. The Morgan fingerprint density at radius 3 is 1.02 bits per heavy atom. The van der Waals surface area contributed by atoms with Crippen LogP contribution in [0.1, 0.15) is 143 Å². The molecule has 8 aromatic rings. The van der Waals surface area contributed by atoms with E-state index in [9.17, 15) is 0 Å². The number of anilines is 2. The summed E-state index contributed by atoms with van der Waals surface area (Å²) in [7, 11) is 0. The smallest absolute Gasteiger partial charge is 0.267 e. The van der Waals surface area contributed by atoms with Crippen molar-refractivity contribution >= 4 is 109 Å². The molecule has 0 N–H and O–H groups in total. The SMILES string of the molecule is CC(C)c1cccc(C(C)C)c1N1C(=O)c2c3sc4ccccc4c3c3c4c(c5sc6ccccc6c5c(c24)C1=O)C(=O)N(c1c(C(C)C)cccc1C(C)C)C3=O. The van der Waals surface area contributed by atoms with Crippen LogP contribution in [-0.2, 0) is 0 Å². The third-order valence-electron chi connectivity index (χ3n) is 12.2. The van der Waals surface area contributed by atoms with Crippen LogP contribution in [0.15, 0.2) is 84.9 Å². The number of para-hydroxylation sites is 2. The van der Waals surface area contributed by atoms with Gasteiger partial charge in [-0.3, -0.25) is 19.2 Å². The number of fused-ring (bicyclic) bond motifs is 10. The Morgan fingerprint density at radius 1 is 0.379 bits per heavy atom. The van der Waals surface area contributed by atoms with E-state index in [1.54, 1.807) is 0 Å². The molecular formula is C50H42N2O4S2. The molecule has 4 amide bonds. The van der Waals surface area contributed by atoms with Crippen molar-refractivity contribution in [1.29, 1.82) is 0 Å². The molecular weight excluding hydrogens is 757 g/mol. The molecule has 6 aromatic carbocycles. The van der Waals surface area contributed by atoms with E-state index in [1.165, 1.54) is 32.5 Å². The average molecular weight is 799 g/mol. The first-order chi connectivity index (χ1) is 27.8. The second-order valence-corrected chi connectivity index (χ2v) is 19.0. The van der Waals surface area contributed by atoms with Gasteiger partial charge in [-0.15, -0.1) is 22.7 Å². The van der Waals surface area contributed by atoms with Gasteiger partial charge in [-0.1, -0.05) is 128 Å². The van der Waals surface area contributed by atoms with Gasteiger partial charge in [0.15, 0.2) is 0 Å². The summed E-state index contributed by atoms with van der Waals surface area (Å²) in [6.07, 6.45) is 0. The van der Waals surface area contributed by atoms with Crippen LogP contribution in [0.25, 0.3) is 51.1 Å². The summed E-state index contributed by atoms with van der Waals surface area (Å²) in [5.74, 6) is -1.68. The predicted octanol–water partition coefficient (Wildman–Crippen LogP) is 13.7. The lowest BCUT2D eigenvalue weighted by atomic mass is 9.80. The van der Waals surface area contributed by atoms with Crippen LogP contribution in [0, 0.1) is 0 Å². The number of benzene rings is 6. The van der Waals surface area contributed by atoms with Crippen molar-refractivity contribution < 1.29 is 19.2 Å². The molecule has 0 bridgehead atoms. The Bertz CT molecular complexity index is 2910. The number of hydrogen-bond donors (Lipinski definition) is 0. The Balaban J connectivity index is 1.45. The topological polar surface area (TPSA) is 74.8 Å². The van der Waals surface area contributed by atoms with E-state index in [2.05, 4.69) is 55.4 Å². The molecule has 0 atom stereocenters. The van der Waals surface area contributed by atoms with Gasteiger partial charge >= 0.3 is 0 Å². The fraction of sp³-hybridized carbons (Fsp3) is 0.240. The maximum atomic E-state index is 15.8. The van der Waals surface area contributed by atoms with Gasteiger partial charge in [0.1, 0.15) is 0 Å². The largest absolute Gasteiger partial charge is 0.268 e. The standard InChI is InChI=1S/C50H42N2O4S2/c1-23(2)27-17-13-18-28(24(3)4)43(27)51-47(53)39-35-31-15-9-11-21-33(31)58-46(35)42-38-37(39)41(49(51)55)45-36(32-16-10-12-22-34(32)57-45)40(38)48(54)52(50(42)56)44-29(25(5)6)19-14-20-30(44)26(7)8/h9-26H,1-8H3. The van der Waals surface area contributed by atoms with E-state index in [-0.39, 0.29) is 23.7 Å². The van der Waals surface area contributed by atoms with Crippen molar-refractivity contribution in [2.75, 3.05) is 9.80 Å². The van der Waals surface area contributed by atoms with Crippen LogP contribution < -0.4 is 9.80 Å². The number of thiophene rings is 2. The van der Waals surface area contributed by atoms with Crippen molar-refractivity contribution in [2.45, 2.75) is 79.1 Å². The summed E-state index contributed by atoms with van der Waals surface area (Å²) >= 11 is 2.94. The number of carbonyl (C=O) groups is 4. The molecule has 58 heavy (non-hydrogen) atoms. The molecule has 8 heteroatoms. The molecule has 2 aromatic heterocycles. The van der Waals surface area contributed by atoms with E-state index >= 15 is 19.2 Å². The number of hydrogen-bond acceptors (Lipinski definition) is 6. The van der Waals surface area contributed by atoms with Gasteiger partial charge in [0, 0.05) is 51.1 Å². The molecule has 4 heterocycles. The Hall–Kier alpha value is -5.70. The molecule has 288 valence electrons. The van der Waals surface area contributed by atoms with Crippen molar-refractivity contribution in [3.05, 3.63) is 129 Å². The summed E-state index contributed by atoms with van der Waals surface area (Å²) in [5, 5.41) is 3.78. The summed E-state index contributed by atoms with van der Waals surface area (Å²) in [6.45, 7) is 16.7. The molecule has 0 spiro atoms. The third-order valence-corrected chi connectivity index (χ3v) is 14.6. The predicted molar refractivity (Wildman–Crippen MR) is 241 cm³/mol. The van der Waals surface area contributed by atoms with E-state index in [1.807, 2.05) is 84.9 Å². The lowest BCUT2D eigenvalue weighted by molar-refractivity contribution is 0.0875. The first-order valence-electron chi connectivity index (χ1n) is 20.1. The van der Waals surface area contributed by atoms with Gasteiger partial charge in [-0.2, -0.15) is 0 Å². The quantitative estimate of drug-likeness (QED) is 0.157. The lowest BCUT2D eigenvalue weighted by Crippen LogP contribution is -2.45. The normalized spacial score (nSPS) is 14.6. The molecule has 10 rings (SSSR count). The Kier molecular flexibility index (Phi) is 8.15. The van der Waals surface area contributed by atoms with Crippen LogP contribution in [0.2, 0.25) is 0 Å². The van der Waals surface area contributed by atoms with Gasteiger partial charge < -0.3 is 0 Å². The van der Waals surface area contributed by atoms with Crippen LogP contribution in [0.4, 0.5) is 11.4 Å². The molecule has 0 fully saturated rings. The highest BCUT2D eigenvalue weighted by atomic mass is 32.1. The van der Waals surface area contributed by atoms with E-state index in [4.69, 9.17) is 0 Å². The minimum atomic E-state index is -0.436. The minimum absolute atomic E-state index is 0.0167. The monoisotopic (exact) mass is 798 g/mol. The molecule has 0 unspecified atom stereocenters. The number of rotatable bonds is 6. The van der Waals surface area contributed by atoms with Crippen LogP contribution >= 0.6 is 22.7 Å². The zero-order chi connectivity index (χ0) is 40.6. The Morgan fingerprint density at radius 2 is 0.690 bits per heavy atom. The van der Waals surface area contributed by atoms with Gasteiger partial charge in [-0.25, -0.2) is 9.80 Å². The van der Waals surface area contributed by atoms with Crippen molar-refractivity contribution in [2.24, 2.45) is 0 Å². The molecule has 6 nitrogen and oxygen atoms in total. The first-order valence-corrected chi connectivity index (χ1v) is 21.8. The highest BCUT2D eigenvalue weighted by Gasteiger charge is 2.47. The molecule has 0 aliphatic carbocycles. The first kappa shape index (κ1) is 36.6. The Labute approximate surface area is 344 Å². The van der Waals surface area contributed by atoms with E-state index in [0.717, 1.165) is 42.4 Å². The summed E-state index contributed by atoms with van der Waals surface area (Å²) in [4.78, 5) is 65.9. The molecule has 0 saturated carbocycles. The molecule has 0 saturated heterocycles. The van der Waals surface area contributed by atoms with Crippen LogP contribution in [0.3, 0.4) is 0 Å². The van der Waals surface area contributed by atoms with Crippen LogP contribution in [-0.4, -0.2) is 23.6 Å². The molecule has 2 aliphatic rings. The highest BCUT2D eigenvalue weighted by molar-refractivity contribution is 7.27. The second kappa shape index (κ2) is 12.9. The molecule has 2 aliphatic heterocycles. The number of nitrogens with zero attached hydrogens (tertiary/aromatic N) is 2. The second-order valence-electron chi connectivity index (χ2n) is 16.9. The van der Waals surface area contributed by atoms with E-state index in [0.29, 0.717) is 64.6 Å². The maximum absolute atomic E-state index is 15.8. The lowest BCUT2D eigenvalue weighted by Gasteiger charge is -2.36. The maximum Gasteiger partial charge on any atom is 0.267 e.